The van der Waals surface area contributed by atoms with Gasteiger partial charge in [-0.05, 0) is 81.5 Å². The maximum Gasteiger partial charge on any atom is 0.194 e. The summed E-state index contributed by atoms with van der Waals surface area (Å²) in [7, 11) is 1.90. The summed E-state index contributed by atoms with van der Waals surface area (Å²) in [6.45, 7) is 13.2. The molecular weight excluding hydrogens is 364 g/mol. The summed E-state index contributed by atoms with van der Waals surface area (Å²) >= 11 is 1.69. The quantitative estimate of drug-likeness (QED) is 0.465. The zero-order valence-electron chi connectivity index (χ0n) is 17.6. The number of rotatable bonds is 3. The SMILES string of the molecule is CNc1cc(-c2c(-c3c(C)c(C)c(C)c(C)c3C)nc3scc(C)n23)ccn1. The molecule has 0 amide bonds. The van der Waals surface area contributed by atoms with Crippen LogP contribution in [-0.2, 0) is 0 Å². The largest absolute Gasteiger partial charge is 0.373 e. The molecule has 0 aliphatic carbocycles. The molecule has 0 aliphatic heterocycles. The average molecular weight is 391 g/mol. The highest BCUT2D eigenvalue weighted by Gasteiger charge is 2.23. The van der Waals surface area contributed by atoms with Crippen LogP contribution in [0.1, 0.15) is 33.5 Å². The molecule has 0 saturated heterocycles. The molecule has 0 fully saturated rings. The van der Waals surface area contributed by atoms with E-state index < -0.39 is 0 Å². The monoisotopic (exact) mass is 390 g/mol. The highest BCUT2D eigenvalue weighted by atomic mass is 32.1. The summed E-state index contributed by atoms with van der Waals surface area (Å²) in [4.78, 5) is 10.5. The van der Waals surface area contributed by atoms with Crippen molar-refractivity contribution >= 4 is 22.1 Å². The Bertz CT molecular complexity index is 1180. The number of fused-ring (bicyclic) bond motifs is 1. The van der Waals surface area contributed by atoms with Gasteiger partial charge in [-0.25, -0.2) is 9.97 Å². The lowest BCUT2D eigenvalue weighted by atomic mass is 9.87. The highest BCUT2D eigenvalue weighted by molar-refractivity contribution is 7.15. The fourth-order valence-corrected chi connectivity index (χ4v) is 4.87. The Hall–Kier alpha value is -2.66. The molecule has 144 valence electrons. The second-order valence-corrected chi connectivity index (χ2v) is 8.32. The molecule has 3 heterocycles. The fourth-order valence-electron chi connectivity index (χ4n) is 4.01. The van der Waals surface area contributed by atoms with Crippen LogP contribution in [0.25, 0.3) is 27.5 Å². The first-order valence-electron chi connectivity index (χ1n) is 9.53. The van der Waals surface area contributed by atoms with E-state index in [0.717, 1.165) is 27.7 Å². The lowest BCUT2D eigenvalue weighted by Gasteiger charge is -2.19. The predicted octanol–water partition coefficient (Wildman–Crippen LogP) is 6.02. The van der Waals surface area contributed by atoms with E-state index in [-0.39, 0.29) is 0 Å². The molecule has 0 aliphatic rings. The van der Waals surface area contributed by atoms with E-state index >= 15 is 0 Å². The van der Waals surface area contributed by atoms with Gasteiger partial charge in [-0.1, -0.05) is 0 Å². The van der Waals surface area contributed by atoms with Crippen molar-refractivity contribution in [2.75, 3.05) is 12.4 Å². The minimum absolute atomic E-state index is 0.857. The Kier molecular flexibility index (Phi) is 4.50. The van der Waals surface area contributed by atoms with E-state index in [4.69, 9.17) is 4.98 Å². The molecule has 1 aromatic carbocycles. The molecule has 0 bridgehead atoms. The first-order valence-corrected chi connectivity index (χ1v) is 10.4. The van der Waals surface area contributed by atoms with Gasteiger partial charge in [-0.15, -0.1) is 11.3 Å². The third kappa shape index (κ3) is 2.65. The number of anilines is 1. The van der Waals surface area contributed by atoms with E-state index in [9.17, 15) is 0 Å². The zero-order valence-corrected chi connectivity index (χ0v) is 18.4. The first-order chi connectivity index (χ1) is 13.3. The summed E-state index contributed by atoms with van der Waals surface area (Å²) in [5.74, 6) is 0.857. The maximum atomic E-state index is 5.11. The minimum Gasteiger partial charge on any atom is -0.373 e. The van der Waals surface area contributed by atoms with Crippen LogP contribution in [0.15, 0.2) is 23.7 Å². The smallest absolute Gasteiger partial charge is 0.194 e. The molecule has 5 heteroatoms. The molecule has 0 saturated carbocycles. The van der Waals surface area contributed by atoms with Crippen LogP contribution >= 0.6 is 11.3 Å². The van der Waals surface area contributed by atoms with Gasteiger partial charge < -0.3 is 5.32 Å². The number of hydrogen-bond donors (Lipinski definition) is 1. The Balaban J connectivity index is 2.13. The molecule has 3 aromatic heterocycles. The van der Waals surface area contributed by atoms with Crippen LogP contribution in [-0.4, -0.2) is 21.4 Å². The third-order valence-corrected chi connectivity index (χ3v) is 7.00. The number of imidazole rings is 1. The second-order valence-electron chi connectivity index (χ2n) is 7.48. The number of aryl methyl sites for hydroxylation is 1. The highest BCUT2D eigenvalue weighted by Crippen LogP contribution is 2.41. The molecule has 0 spiro atoms. The van der Waals surface area contributed by atoms with Crippen LogP contribution in [0.5, 0.6) is 0 Å². The standard InChI is InChI=1S/C23H26N4S/c1-12-11-28-23-26-21(20-16(5)14(3)13(2)15(4)17(20)6)22(27(12)23)18-8-9-25-19(10-18)24-7/h8-11H,1-7H3,(H,24,25). The van der Waals surface area contributed by atoms with Gasteiger partial charge in [0.1, 0.15) is 5.82 Å². The molecule has 0 atom stereocenters. The number of thiazole rings is 1. The lowest BCUT2D eigenvalue weighted by molar-refractivity contribution is 1.13. The number of benzene rings is 1. The van der Waals surface area contributed by atoms with Gasteiger partial charge in [0.05, 0.1) is 11.4 Å². The molecule has 1 N–H and O–H groups in total. The van der Waals surface area contributed by atoms with E-state index in [1.807, 2.05) is 13.2 Å². The van der Waals surface area contributed by atoms with Crippen molar-refractivity contribution in [2.45, 2.75) is 41.5 Å². The predicted molar refractivity (Wildman–Crippen MR) is 120 cm³/mol. The van der Waals surface area contributed by atoms with Crippen molar-refractivity contribution in [3.8, 4) is 22.5 Å². The number of nitrogens with one attached hydrogen (secondary N) is 1. The van der Waals surface area contributed by atoms with Crippen molar-refractivity contribution in [2.24, 2.45) is 0 Å². The minimum atomic E-state index is 0.857. The molecule has 4 aromatic rings. The molecule has 28 heavy (non-hydrogen) atoms. The van der Waals surface area contributed by atoms with Gasteiger partial charge in [0.15, 0.2) is 4.96 Å². The summed E-state index contributed by atoms with van der Waals surface area (Å²) < 4.78 is 2.28. The van der Waals surface area contributed by atoms with E-state index in [1.54, 1.807) is 11.3 Å². The van der Waals surface area contributed by atoms with Crippen LogP contribution in [0.3, 0.4) is 0 Å². The Labute approximate surface area is 170 Å². The summed E-state index contributed by atoms with van der Waals surface area (Å²) in [6.07, 6.45) is 1.86. The third-order valence-electron chi connectivity index (χ3n) is 6.06. The Morgan fingerprint density at radius 1 is 0.929 bits per heavy atom. The molecule has 4 rings (SSSR count). The van der Waals surface area contributed by atoms with Crippen LogP contribution in [0, 0.1) is 41.5 Å². The Morgan fingerprint density at radius 3 is 2.21 bits per heavy atom. The van der Waals surface area contributed by atoms with Crippen LogP contribution in [0.2, 0.25) is 0 Å². The van der Waals surface area contributed by atoms with E-state index in [0.29, 0.717) is 0 Å². The van der Waals surface area contributed by atoms with Crippen molar-refractivity contribution in [1.29, 1.82) is 0 Å². The van der Waals surface area contributed by atoms with Crippen molar-refractivity contribution in [1.82, 2.24) is 14.4 Å². The van der Waals surface area contributed by atoms with E-state index in [1.165, 1.54) is 39.1 Å². The second kappa shape index (κ2) is 6.74. The zero-order chi connectivity index (χ0) is 20.2. The molecule has 4 nitrogen and oxygen atoms in total. The Morgan fingerprint density at radius 2 is 1.57 bits per heavy atom. The van der Waals surface area contributed by atoms with Crippen molar-refractivity contribution in [3.05, 3.63) is 57.2 Å². The van der Waals surface area contributed by atoms with Crippen LogP contribution in [0.4, 0.5) is 5.82 Å². The number of pyridine rings is 1. The first kappa shape index (κ1) is 18.7. The average Bonchev–Trinajstić information content (AvgIpc) is 3.25. The summed E-state index contributed by atoms with van der Waals surface area (Å²) in [6, 6.07) is 4.17. The molecular formula is C23H26N4S. The van der Waals surface area contributed by atoms with Crippen LogP contribution < -0.4 is 5.32 Å². The lowest BCUT2D eigenvalue weighted by Crippen LogP contribution is -2.01. The van der Waals surface area contributed by atoms with Gasteiger partial charge >= 0.3 is 0 Å². The summed E-state index contributed by atoms with van der Waals surface area (Å²) in [5, 5.41) is 5.32. The van der Waals surface area contributed by atoms with Gasteiger partial charge in [0.25, 0.3) is 0 Å². The topological polar surface area (TPSA) is 42.2 Å². The van der Waals surface area contributed by atoms with Crippen molar-refractivity contribution in [3.63, 3.8) is 0 Å². The normalized spacial score (nSPS) is 11.4. The van der Waals surface area contributed by atoms with Gasteiger partial charge in [-0.2, -0.15) is 0 Å². The number of nitrogens with zero attached hydrogens (tertiary/aromatic N) is 3. The van der Waals surface area contributed by atoms with Gasteiger partial charge in [-0.3, -0.25) is 4.40 Å². The maximum absolute atomic E-state index is 5.11. The van der Waals surface area contributed by atoms with Crippen molar-refractivity contribution < 1.29 is 0 Å². The summed E-state index contributed by atoms with van der Waals surface area (Å²) in [5.41, 5.74) is 12.5. The van der Waals surface area contributed by atoms with Gasteiger partial charge in [0, 0.05) is 35.4 Å². The number of aromatic nitrogens is 3. The van der Waals surface area contributed by atoms with E-state index in [2.05, 4.69) is 73.8 Å². The van der Waals surface area contributed by atoms with Gasteiger partial charge in [0.2, 0.25) is 0 Å². The molecule has 0 radical (unpaired) electrons. The molecule has 0 unspecified atom stereocenters. The number of hydrogen-bond acceptors (Lipinski definition) is 4. The fraction of sp³-hybridized carbons (Fsp3) is 0.304.